The lowest BCUT2D eigenvalue weighted by atomic mass is 10.0. The van der Waals surface area contributed by atoms with Gasteiger partial charge in [-0.15, -0.1) is 0 Å². The minimum Gasteiger partial charge on any atom is -0.396 e. The molecule has 0 atom stereocenters. The van der Waals surface area contributed by atoms with Crippen molar-refractivity contribution in [2.45, 2.75) is 19.4 Å². The van der Waals surface area contributed by atoms with Crippen LogP contribution in [0, 0.1) is 0 Å². The van der Waals surface area contributed by atoms with Crippen molar-refractivity contribution in [1.82, 2.24) is 10.3 Å². The molecule has 0 fully saturated rings. The number of pyridine rings is 1. The van der Waals surface area contributed by atoms with Crippen LogP contribution < -0.4 is 16.4 Å². The topological polar surface area (TPSA) is 97.1 Å². The van der Waals surface area contributed by atoms with Crippen LogP contribution in [0.2, 0.25) is 0 Å². The van der Waals surface area contributed by atoms with Gasteiger partial charge < -0.3 is 16.4 Å². The summed E-state index contributed by atoms with van der Waals surface area (Å²) < 4.78 is 0. The highest BCUT2D eigenvalue weighted by molar-refractivity contribution is 6.05. The van der Waals surface area contributed by atoms with Gasteiger partial charge >= 0.3 is 0 Å². The number of carbonyl (C=O) groups excluding carboxylic acids is 2. The van der Waals surface area contributed by atoms with Crippen LogP contribution in [-0.2, 0) is 17.8 Å². The van der Waals surface area contributed by atoms with Gasteiger partial charge in [-0.25, -0.2) is 0 Å². The Labute approximate surface area is 186 Å². The Morgan fingerprint density at radius 1 is 0.875 bits per heavy atom. The van der Waals surface area contributed by atoms with E-state index < -0.39 is 0 Å². The van der Waals surface area contributed by atoms with Gasteiger partial charge in [0.2, 0.25) is 5.91 Å². The molecule has 0 unspecified atom stereocenters. The van der Waals surface area contributed by atoms with E-state index in [1.165, 1.54) is 17.0 Å². The van der Waals surface area contributed by atoms with Gasteiger partial charge in [-0.2, -0.15) is 0 Å². The number of nitrogens with zero attached hydrogens (tertiary/aromatic N) is 1. The summed E-state index contributed by atoms with van der Waals surface area (Å²) in [6.45, 7) is 0.412. The van der Waals surface area contributed by atoms with Crippen molar-refractivity contribution in [2.24, 2.45) is 0 Å². The largest absolute Gasteiger partial charge is 0.396 e. The number of carbonyl (C=O) groups is 2. The second-order valence-electron chi connectivity index (χ2n) is 7.57. The minimum absolute atomic E-state index is 0.00635. The molecule has 1 heterocycles. The van der Waals surface area contributed by atoms with E-state index in [1.54, 1.807) is 24.4 Å². The molecule has 1 aromatic heterocycles. The van der Waals surface area contributed by atoms with Crippen molar-refractivity contribution in [3.63, 3.8) is 0 Å². The molecular formula is C26H24N4O2. The van der Waals surface area contributed by atoms with Crippen molar-refractivity contribution in [3.8, 4) is 0 Å². The van der Waals surface area contributed by atoms with E-state index in [9.17, 15) is 9.59 Å². The number of rotatable bonds is 7. The molecule has 0 saturated carbocycles. The second kappa shape index (κ2) is 9.75. The van der Waals surface area contributed by atoms with Crippen molar-refractivity contribution < 1.29 is 9.59 Å². The molecule has 160 valence electrons. The standard InChI is InChI=1S/C26H24N4O2/c27-23-17-28-14-13-24(23)30-26(32)21-10-6-19(7-11-21)16-29-25(31)12-8-18-5-9-20-3-1-2-4-22(20)15-18/h1-7,9-11,13-15,17H,8,12,16,27H2,(H,29,31)(H,28,30,32). The summed E-state index contributed by atoms with van der Waals surface area (Å²) in [5, 5.41) is 8.08. The summed E-state index contributed by atoms with van der Waals surface area (Å²) in [7, 11) is 0. The quantitative estimate of drug-likeness (QED) is 0.412. The molecule has 3 aromatic carbocycles. The first-order valence-corrected chi connectivity index (χ1v) is 10.4. The van der Waals surface area contributed by atoms with Crippen LogP contribution in [0.4, 0.5) is 11.4 Å². The van der Waals surface area contributed by atoms with Crippen molar-refractivity contribution in [1.29, 1.82) is 0 Å². The molecular weight excluding hydrogens is 400 g/mol. The molecule has 0 bridgehead atoms. The van der Waals surface area contributed by atoms with E-state index >= 15 is 0 Å². The van der Waals surface area contributed by atoms with Crippen LogP contribution >= 0.6 is 0 Å². The molecule has 0 aliphatic heterocycles. The van der Waals surface area contributed by atoms with E-state index in [2.05, 4.69) is 45.9 Å². The first-order chi connectivity index (χ1) is 15.6. The third-order valence-corrected chi connectivity index (χ3v) is 5.26. The summed E-state index contributed by atoms with van der Waals surface area (Å²) in [6.07, 6.45) is 4.17. The maximum atomic E-state index is 12.4. The van der Waals surface area contributed by atoms with E-state index in [0.29, 0.717) is 36.3 Å². The molecule has 6 heteroatoms. The number of aromatic nitrogens is 1. The first-order valence-electron chi connectivity index (χ1n) is 10.4. The minimum atomic E-state index is -0.256. The zero-order valence-electron chi connectivity index (χ0n) is 17.5. The number of amides is 2. The fourth-order valence-corrected chi connectivity index (χ4v) is 3.43. The number of benzene rings is 3. The number of anilines is 2. The lowest BCUT2D eigenvalue weighted by Gasteiger charge is -2.09. The van der Waals surface area contributed by atoms with Gasteiger partial charge in [-0.05, 0) is 46.5 Å². The molecule has 4 aromatic rings. The molecule has 0 aliphatic rings. The van der Waals surface area contributed by atoms with Crippen molar-refractivity contribution in [3.05, 3.63) is 102 Å². The predicted octanol–water partition coefficient (Wildman–Crippen LogP) is 4.32. The summed E-state index contributed by atoms with van der Waals surface area (Å²) in [5.74, 6) is -0.262. The number of hydrogen-bond acceptors (Lipinski definition) is 4. The Bertz CT molecular complexity index is 1250. The Morgan fingerprint density at radius 2 is 1.62 bits per heavy atom. The highest BCUT2D eigenvalue weighted by Crippen LogP contribution is 2.18. The molecule has 0 radical (unpaired) electrons. The van der Waals surface area contributed by atoms with Gasteiger partial charge in [0.1, 0.15) is 0 Å². The Hall–Kier alpha value is -4.19. The molecule has 6 nitrogen and oxygen atoms in total. The molecule has 0 saturated heterocycles. The highest BCUT2D eigenvalue weighted by atomic mass is 16.2. The smallest absolute Gasteiger partial charge is 0.255 e. The first kappa shape index (κ1) is 21.1. The van der Waals surface area contributed by atoms with E-state index in [4.69, 9.17) is 5.73 Å². The van der Waals surface area contributed by atoms with Crippen LogP contribution in [0.15, 0.2) is 85.2 Å². The van der Waals surface area contributed by atoms with Gasteiger partial charge in [0.05, 0.1) is 17.6 Å². The molecule has 0 spiro atoms. The van der Waals surface area contributed by atoms with E-state index in [-0.39, 0.29) is 11.8 Å². The number of aryl methyl sites for hydroxylation is 1. The van der Waals surface area contributed by atoms with Gasteiger partial charge in [0.15, 0.2) is 0 Å². The zero-order valence-corrected chi connectivity index (χ0v) is 17.5. The Balaban J connectivity index is 1.26. The van der Waals surface area contributed by atoms with Gasteiger partial charge in [0.25, 0.3) is 5.91 Å². The fraction of sp³-hybridized carbons (Fsp3) is 0.115. The van der Waals surface area contributed by atoms with Crippen LogP contribution in [0.3, 0.4) is 0 Å². The third kappa shape index (κ3) is 5.29. The molecule has 2 amide bonds. The van der Waals surface area contributed by atoms with Crippen LogP contribution in [0.1, 0.15) is 27.9 Å². The van der Waals surface area contributed by atoms with Crippen LogP contribution in [0.25, 0.3) is 10.8 Å². The van der Waals surface area contributed by atoms with Crippen molar-refractivity contribution >= 4 is 34.0 Å². The molecule has 32 heavy (non-hydrogen) atoms. The summed E-state index contributed by atoms with van der Waals surface area (Å²) in [6, 6.07) is 23.2. The molecule has 4 rings (SSSR count). The normalized spacial score (nSPS) is 10.6. The number of hydrogen-bond donors (Lipinski definition) is 3. The fourth-order valence-electron chi connectivity index (χ4n) is 3.43. The highest BCUT2D eigenvalue weighted by Gasteiger charge is 2.09. The summed E-state index contributed by atoms with van der Waals surface area (Å²) in [5.41, 5.74) is 9.31. The lowest BCUT2D eigenvalue weighted by Crippen LogP contribution is -2.23. The zero-order chi connectivity index (χ0) is 22.3. The Morgan fingerprint density at radius 3 is 2.41 bits per heavy atom. The summed E-state index contributed by atoms with van der Waals surface area (Å²) in [4.78, 5) is 28.6. The average Bonchev–Trinajstić information content (AvgIpc) is 2.83. The second-order valence-corrected chi connectivity index (χ2v) is 7.57. The maximum Gasteiger partial charge on any atom is 0.255 e. The Kier molecular flexibility index (Phi) is 6.41. The van der Waals surface area contributed by atoms with Gasteiger partial charge in [-0.1, -0.05) is 54.6 Å². The average molecular weight is 425 g/mol. The van der Waals surface area contributed by atoms with E-state index in [1.807, 2.05) is 24.3 Å². The predicted molar refractivity (Wildman–Crippen MR) is 127 cm³/mol. The van der Waals surface area contributed by atoms with Crippen LogP contribution in [-0.4, -0.2) is 16.8 Å². The lowest BCUT2D eigenvalue weighted by molar-refractivity contribution is -0.121. The number of nitrogen functional groups attached to an aromatic ring is 1. The van der Waals surface area contributed by atoms with Gasteiger partial charge in [0, 0.05) is 24.7 Å². The van der Waals surface area contributed by atoms with Crippen LogP contribution in [0.5, 0.6) is 0 Å². The van der Waals surface area contributed by atoms with E-state index in [0.717, 1.165) is 11.1 Å². The SMILES string of the molecule is Nc1cnccc1NC(=O)c1ccc(CNC(=O)CCc2ccc3ccccc3c2)cc1. The monoisotopic (exact) mass is 424 g/mol. The number of nitrogens with two attached hydrogens (primary N) is 1. The number of fused-ring (bicyclic) bond motifs is 1. The van der Waals surface area contributed by atoms with Crippen molar-refractivity contribution in [2.75, 3.05) is 11.1 Å². The number of nitrogens with one attached hydrogen (secondary N) is 2. The van der Waals surface area contributed by atoms with Gasteiger partial charge in [-0.3, -0.25) is 14.6 Å². The molecule has 0 aliphatic carbocycles. The third-order valence-electron chi connectivity index (χ3n) is 5.26. The summed E-state index contributed by atoms with van der Waals surface area (Å²) >= 11 is 0. The maximum absolute atomic E-state index is 12.4. The molecule has 4 N–H and O–H groups in total.